The highest BCUT2D eigenvalue weighted by Crippen LogP contribution is 2.22. The summed E-state index contributed by atoms with van der Waals surface area (Å²) < 4.78 is 7.69. The Bertz CT molecular complexity index is 779. The van der Waals surface area contributed by atoms with Gasteiger partial charge in [0, 0.05) is 23.8 Å². The molecule has 1 saturated heterocycles. The third kappa shape index (κ3) is 5.17. The molecule has 0 amide bonds. The first-order chi connectivity index (χ1) is 12.6. The first-order valence-corrected chi connectivity index (χ1v) is 9.47. The molecule has 0 radical (unpaired) electrons. The summed E-state index contributed by atoms with van der Waals surface area (Å²) in [5.74, 6) is 6.37. The summed E-state index contributed by atoms with van der Waals surface area (Å²) in [7, 11) is 0. The standard InChI is InChI=1S/C21H28N4O/c1-16(2)22-11-6-7-18-9-10-20(17(3)13-18)21-15-25(24-23-21)14-19-8-4-5-12-26-19/h9-10,13,15-16,19,22H,4-5,8,11-12,14H2,1-3H3. The highest BCUT2D eigenvalue weighted by Gasteiger charge is 2.16. The van der Waals surface area contributed by atoms with E-state index in [9.17, 15) is 0 Å². The van der Waals surface area contributed by atoms with Crippen LogP contribution in [0.2, 0.25) is 0 Å². The quantitative estimate of drug-likeness (QED) is 0.840. The third-order valence-corrected chi connectivity index (χ3v) is 4.54. The number of hydrogen-bond donors (Lipinski definition) is 1. The third-order valence-electron chi connectivity index (χ3n) is 4.54. The van der Waals surface area contributed by atoms with Crippen LogP contribution in [0, 0.1) is 18.8 Å². The zero-order chi connectivity index (χ0) is 18.4. The van der Waals surface area contributed by atoms with E-state index in [1.165, 1.54) is 12.8 Å². The van der Waals surface area contributed by atoms with Gasteiger partial charge in [0.15, 0.2) is 0 Å². The van der Waals surface area contributed by atoms with Crippen molar-refractivity contribution in [3.8, 4) is 23.1 Å². The lowest BCUT2D eigenvalue weighted by Crippen LogP contribution is -2.24. The summed E-state index contributed by atoms with van der Waals surface area (Å²) in [4.78, 5) is 0. The first-order valence-electron chi connectivity index (χ1n) is 9.47. The number of aromatic nitrogens is 3. The van der Waals surface area contributed by atoms with E-state index >= 15 is 0 Å². The highest BCUT2D eigenvalue weighted by molar-refractivity contribution is 5.64. The van der Waals surface area contributed by atoms with E-state index in [0.29, 0.717) is 12.6 Å². The van der Waals surface area contributed by atoms with Crippen LogP contribution in [0.25, 0.3) is 11.3 Å². The van der Waals surface area contributed by atoms with E-state index in [1.54, 1.807) is 0 Å². The van der Waals surface area contributed by atoms with Crippen LogP contribution in [-0.4, -0.2) is 40.3 Å². The number of nitrogens with zero attached hydrogens (tertiary/aromatic N) is 3. The molecular formula is C21H28N4O. The van der Waals surface area contributed by atoms with Crippen LogP contribution in [-0.2, 0) is 11.3 Å². The summed E-state index contributed by atoms with van der Waals surface area (Å²) in [5.41, 5.74) is 4.19. The maximum absolute atomic E-state index is 5.79. The molecule has 1 atom stereocenters. The van der Waals surface area contributed by atoms with Crippen molar-refractivity contribution in [1.29, 1.82) is 0 Å². The molecule has 1 aromatic carbocycles. The molecule has 1 aliphatic heterocycles. The molecule has 1 unspecified atom stereocenters. The minimum absolute atomic E-state index is 0.261. The van der Waals surface area contributed by atoms with Gasteiger partial charge in [0.05, 0.1) is 25.4 Å². The van der Waals surface area contributed by atoms with Gasteiger partial charge in [0.2, 0.25) is 0 Å². The topological polar surface area (TPSA) is 52.0 Å². The van der Waals surface area contributed by atoms with E-state index in [4.69, 9.17) is 4.74 Å². The molecule has 1 aromatic heterocycles. The van der Waals surface area contributed by atoms with E-state index in [1.807, 2.05) is 16.9 Å². The van der Waals surface area contributed by atoms with Crippen LogP contribution in [0.1, 0.15) is 44.2 Å². The molecule has 1 N–H and O–H groups in total. The fourth-order valence-electron chi connectivity index (χ4n) is 3.10. The summed E-state index contributed by atoms with van der Waals surface area (Å²) in [6, 6.07) is 6.70. The SMILES string of the molecule is Cc1cc(C#CCNC(C)C)ccc1-c1cn(CC2CCCCO2)nn1. The fourth-order valence-corrected chi connectivity index (χ4v) is 3.10. The monoisotopic (exact) mass is 352 g/mol. The Morgan fingerprint density at radius 2 is 2.23 bits per heavy atom. The second-order valence-corrected chi connectivity index (χ2v) is 7.18. The first kappa shape index (κ1) is 18.6. The normalized spacial score (nSPS) is 17.2. The highest BCUT2D eigenvalue weighted by atomic mass is 16.5. The summed E-state index contributed by atoms with van der Waals surface area (Å²) >= 11 is 0. The van der Waals surface area contributed by atoms with Crippen LogP contribution in [0.5, 0.6) is 0 Å². The number of aryl methyl sites for hydroxylation is 1. The van der Waals surface area contributed by atoms with Gasteiger partial charge in [-0.25, -0.2) is 4.68 Å². The minimum atomic E-state index is 0.261. The van der Waals surface area contributed by atoms with Crippen molar-refractivity contribution in [3.05, 3.63) is 35.5 Å². The molecule has 1 aliphatic rings. The molecule has 0 saturated carbocycles. The van der Waals surface area contributed by atoms with Gasteiger partial charge in [-0.05, 0) is 57.7 Å². The summed E-state index contributed by atoms with van der Waals surface area (Å²) in [5, 5.41) is 11.9. The zero-order valence-corrected chi connectivity index (χ0v) is 16.0. The predicted octanol–water partition coefficient (Wildman–Crippen LogP) is 3.17. The second-order valence-electron chi connectivity index (χ2n) is 7.18. The Morgan fingerprint density at radius 3 is 2.96 bits per heavy atom. The predicted molar refractivity (Wildman–Crippen MR) is 104 cm³/mol. The lowest BCUT2D eigenvalue weighted by Gasteiger charge is -2.21. The van der Waals surface area contributed by atoms with Gasteiger partial charge in [-0.15, -0.1) is 5.10 Å². The van der Waals surface area contributed by atoms with Crippen molar-refractivity contribution in [2.75, 3.05) is 13.2 Å². The average molecular weight is 352 g/mol. The Morgan fingerprint density at radius 1 is 1.35 bits per heavy atom. The van der Waals surface area contributed by atoms with Gasteiger partial charge < -0.3 is 10.1 Å². The Labute approximate surface area is 156 Å². The maximum atomic E-state index is 5.79. The molecular weight excluding hydrogens is 324 g/mol. The molecule has 2 aromatic rings. The molecule has 1 fully saturated rings. The molecule has 0 spiro atoms. The Kier molecular flexibility index (Phi) is 6.43. The molecule has 138 valence electrons. The van der Waals surface area contributed by atoms with Crippen LogP contribution in [0.4, 0.5) is 0 Å². The smallest absolute Gasteiger partial charge is 0.113 e. The number of hydrogen-bond acceptors (Lipinski definition) is 4. The summed E-state index contributed by atoms with van der Waals surface area (Å²) in [6.45, 7) is 8.67. The fraction of sp³-hybridized carbons (Fsp3) is 0.524. The van der Waals surface area contributed by atoms with Crippen molar-refractivity contribution >= 4 is 0 Å². The summed E-state index contributed by atoms with van der Waals surface area (Å²) in [6.07, 6.45) is 5.78. The molecule has 2 heterocycles. The lowest BCUT2D eigenvalue weighted by atomic mass is 10.0. The second kappa shape index (κ2) is 8.98. The lowest BCUT2D eigenvalue weighted by molar-refractivity contribution is 0.00370. The van der Waals surface area contributed by atoms with Gasteiger partial charge in [0.25, 0.3) is 0 Å². The Hall–Kier alpha value is -2.16. The van der Waals surface area contributed by atoms with Gasteiger partial charge >= 0.3 is 0 Å². The zero-order valence-electron chi connectivity index (χ0n) is 16.0. The van der Waals surface area contributed by atoms with Crippen molar-refractivity contribution in [1.82, 2.24) is 20.3 Å². The van der Waals surface area contributed by atoms with Gasteiger partial charge in [-0.1, -0.05) is 23.1 Å². The van der Waals surface area contributed by atoms with Crippen LogP contribution >= 0.6 is 0 Å². The number of ether oxygens (including phenoxy) is 1. The largest absolute Gasteiger partial charge is 0.376 e. The number of nitrogens with one attached hydrogen (secondary N) is 1. The van der Waals surface area contributed by atoms with Crippen molar-refractivity contribution in [2.24, 2.45) is 0 Å². The van der Waals surface area contributed by atoms with Gasteiger partial charge in [0.1, 0.15) is 5.69 Å². The van der Waals surface area contributed by atoms with Crippen LogP contribution in [0.15, 0.2) is 24.4 Å². The van der Waals surface area contributed by atoms with Gasteiger partial charge in [-0.3, -0.25) is 0 Å². The maximum Gasteiger partial charge on any atom is 0.113 e. The Balaban J connectivity index is 1.65. The molecule has 0 aliphatic carbocycles. The van der Waals surface area contributed by atoms with Crippen molar-refractivity contribution < 1.29 is 4.74 Å². The molecule has 5 nitrogen and oxygen atoms in total. The minimum Gasteiger partial charge on any atom is -0.376 e. The average Bonchev–Trinajstić information content (AvgIpc) is 3.08. The van der Waals surface area contributed by atoms with Gasteiger partial charge in [-0.2, -0.15) is 0 Å². The van der Waals surface area contributed by atoms with E-state index in [2.05, 4.69) is 60.4 Å². The van der Waals surface area contributed by atoms with Crippen molar-refractivity contribution in [3.63, 3.8) is 0 Å². The van der Waals surface area contributed by atoms with Crippen LogP contribution < -0.4 is 5.32 Å². The number of benzene rings is 1. The molecule has 5 heteroatoms. The van der Waals surface area contributed by atoms with E-state index in [-0.39, 0.29) is 6.10 Å². The van der Waals surface area contributed by atoms with Crippen molar-refractivity contribution in [2.45, 2.75) is 58.7 Å². The van der Waals surface area contributed by atoms with Crippen LogP contribution in [0.3, 0.4) is 0 Å². The molecule has 3 rings (SSSR count). The van der Waals surface area contributed by atoms with E-state index in [0.717, 1.165) is 42.0 Å². The number of rotatable bonds is 5. The molecule has 26 heavy (non-hydrogen) atoms. The van der Waals surface area contributed by atoms with E-state index < -0.39 is 0 Å². The molecule has 0 bridgehead atoms.